The second-order valence-corrected chi connectivity index (χ2v) is 3.63. The molecule has 0 saturated carbocycles. The maximum absolute atomic E-state index is 5.79. The molecule has 0 bridgehead atoms. The summed E-state index contributed by atoms with van der Waals surface area (Å²) >= 11 is 10.9. The molecule has 6 N–H and O–H groups in total. The highest BCUT2D eigenvalue weighted by atomic mass is 35.5. The summed E-state index contributed by atoms with van der Waals surface area (Å²) in [6, 6.07) is 7.13. The van der Waals surface area contributed by atoms with E-state index in [0.29, 0.717) is 17.3 Å². The Hall–Kier alpha value is -1.34. The fourth-order valence-corrected chi connectivity index (χ4v) is 1.25. The second kappa shape index (κ2) is 7.08. The topological polar surface area (TPSA) is 101 Å². The maximum atomic E-state index is 5.79. The Labute approximate surface area is 109 Å². The third kappa shape index (κ3) is 4.58. The lowest BCUT2D eigenvalue weighted by atomic mass is 10.1. The van der Waals surface area contributed by atoms with Gasteiger partial charge in [-0.3, -0.25) is 11.3 Å². The summed E-state index contributed by atoms with van der Waals surface area (Å²) in [6.45, 7) is 0.351. The molecule has 1 aromatic rings. The van der Waals surface area contributed by atoms with Gasteiger partial charge in [-0.05, 0) is 17.7 Å². The lowest BCUT2D eigenvalue weighted by Crippen LogP contribution is -2.33. The van der Waals surface area contributed by atoms with Crippen molar-refractivity contribution in [1.82, 2.24) is 10.9 Å². The van der Waals surface area contributed by atoms with Crippen LogP contribution < -0.4 is 22.4 Å². The number of nitrogens with zero attached hydrogens (tertiary/aromatic N) is 2. The number of hydrogen-bond donors (Lipinski definition) is 4. The van der Waals surface area contributed by atoms with Crippen molar-refractivity contribution in [3.63, 3.8) is 0 Å². The molecule has 0 aliphatic heterocycles. The number of hydrazone groups is 1. The molecule has 17 heavy (non-hydrogen) atoms. The Kier molecular flexibility index (Phi) is 5.71. The molecule has 0 aliphatic carbocycles. The lowest BCUT2D eigenvalue weighted by molar-refractivity contribution is 0.836. The average molecular weight is 275 g/mol. The Morgan fingerprint density at radius 3 is 2.47 bits per heavy atom. The molecule has 1 aromatic carbocycles. The molecule has 6 nitrogen and oxygen atoms in total. The van der Waals surface area contributed by atoms with E-state index in [-0.39, 0.29) is 5.96 Å². The SMILES string of the molecule is NNCC(=NN/C(N)=N/Cl)c1ccc(Cl)cc1. The quantitative estimate of drug-likeness (QED) is 0.279. The standard InChI is InChI=1S/C9H12Cl2N6/c10-7-3-1-6(2-4-7)8(5-14-13)16-17-9(12)15-11/h1-4,14H,5,13H2,(H3,12,15,17). The Morgan fingerprint density at radius 2 is 1.94 bits per heavy atom. The monoisotopic (exact) mass is 274 g/mol. The first kappa shape index (κ1) is 13.7. The highest BCUT2D eigenvalue weighted by Gasteiger charge is 2.03. The molecule has 0 aromatic heterocycles. The van der Waals surface area contributed by atoms with Gasteiger partial charge in [0.25, 0.3) is 0 Å². The van der Waals surface area contributed by atoms with E-state index >= 15 is 0 Å². The summed E-state index contributed by atoms with van der Waals surface area (Å²) < 4.78 is 3.20. The van der Waals surface area contributed by atoms with Crippen LogP contribution in [0.3, 0.4) is 0 Å². The number of rotatable bonds is 4. The van der Waals surface area contributed by atoms with Gasteiger partial charge in [0.15, 0.2) is 0 Å². The summed E-state index contributed by atoms with van der Waals surface area (Å²) in [5.41, 5.74) is 11.8. The predicted molar refractivity (Wildman–Crippen MR) is 70.8 cm³/mol. The van der Waals surface area contributed by atoms with Gasteiger partial charge < -0.3 is 5.73 Å². The largest absolute Gasteiger partial charge is 0.367 e. The zero-order valence-electron chi connectivity index (χ0n) is 8.82. The summed E-state index contributed by atoms with van der Waals surface area (Å²) in [5.74, 6) is 5.26. The minimum Gasteiger partial charge on any atom is -0.367 e. The fourth-order valence-electron chi connectivity index (χ4n) is 1.09. The van der Waals surface area contributed by atoms with Crippen molar-refractivity contribution in [1.29, 1.82) is 0 Å². The van der Waals surface area contributed by atoms with Gasteiger partial charge in [0, 0.05) is 16.8 Å². The minimum absolute atomic E-state index is 0.00449. The van der Waals surface area contributed by atoms with Crippen LogP contribution in [0, 0.1) is 0 Å². The van der Waals surface area contributed by atoms with Crippen LogP contribution in [0.15, 0.2) is 33.9 Å². The van der Waals surface area contributed by atoms with Gasteiger partial charge in [0.2, 0.25) is 5.96 Å². The number of hydrogen-bond acceptors (Lipinski definition) is 4. The van der Waals surface area contributed by atoms with Crippen LogP contribution in [-0.4, -0.2) is 18.2 Å². The molecule has 0 amide bonds. The third-order valence-electron chi connectivity index (χ3n) is 1.84. The van der Waals surface area contributed by atoms with Gasteiger partial charge in [0.05, 0.1) is 12.3 Å². The second-order valence-electron chi connectivity index (χ2n) is 3.03. The van der Waals surface area contributed by atoms with Gasteiger partial charge in [-0.15, -0.1) is 4.51 Å². The van der Waals surface area contributed by atoms with Crippen LogP contribution in [-0.2, 0) is 0 Å². The van der Waals surface area contributed by atoms with Crippen LogP contribution in [0.25, 0.3) is 0 Å². The first-order valence-electron chi connectivity index (χ1n) is 4.63. The summed E-state index contributed by atoms with van der Waals surface area (Å²) in [4.78, 5) is 0. The maximum Gasteiger partial charge on any atom is 0.226 e. The Morgan fingerprint density at radius 1 is 1.29 bits per heavy atom. The molecule has 92 valence electrons. The molecule has 8 heteroatoms. The number of guanidine groups is 1. The first-order valence-corrected chi connectivity index (χ1v) is 5.35. The van der Waals surface area contributed by atoms with Gasteiger partial charge in [0.1, 0.15) is 0 Å². The molecule has 0 fully saturated rings. The zero-order chi connectivity index (χ0) is 12.7. The van der Waals surface area contributed by atoms with Crippen molar-refractivity contribution in [2.24, 2.45) is 21.2 Å². The van der Waals surface area contributed by atoms with Crippen molar-refractivity contribution in [3.8, 4) is 0 Å². The molecule has 0 spiro atoms. The fraction of sp³-hybridized carbons (Fsp3) is 0.111. The number of nitrogens with one attached hydrogen (secondary N) is 2. The predicted octanol–water partition coefficient (Wildman–Crippen LogP) is 0.566. The number of benzene rings is 1. The van der Waals surface area contributed by atoms with E-state index in [9.17, 15) is 0 Å². The Balaban J connectivity index is 2.88. The summed E-state index contributed by atoms with van der Waals surface area (Å²) in [7, 11) is 0. The van der Waals surface area contributed by atoms with Crippen LogP contribution in [0.4, 0.5) is 0 Å². The molecule has 0 unspecified atom stereocenters. The van der Waals surface area contributed by atoms with Crippen molar-refractivity contribution < 1.29 is 0 Å². The number of nitrogens with two attached hydrogens (primary N) is 2. The van der Waals surface area contributed by atoms with Crippen LogP contribution >= 0.6 is 23.4 Å². The smallest absolute Gasteiger partial charge is 0.226 e. The molecular weight excluding hydrogens is 263 g/mol. The van der Waals surface area contributed by atoms with Crippen molar-refractivity contribution in [2.75, 3.05) is 6.54 Å². The summed E-state index contributed by atoms with van der Waals surface area (Å²) in [6.07, 6.45) is 0. The van der Waals surface area contributed by atoms with E-state index in [1.165, 1.54) is 0 Å². The number of hydrazine groups is 1. The first-order chi connectivity index (χ1) is 8.17. The molecule has 0 heterocycles. The molecule has 1 rings (SSSR count). The third-order valence-corrected chi connectivity index (χ3v) is 2.28. The van der Waals surface area contributed by atoms with Crippen molar-refractivity contribution in [2.45, 2.75) is 0 Å². The van der Waals surface area contributed by atoms with Gasteiger partial charge in [-0.1, -0.05) is 23.7 Å². The van der Waals surface area contributed by atoms with E-state index in [1.807, 2.05) is 12.1 Å². The molecule has 0 atom stereocenters. The highest BCUT2D eigenvalue weighted by Crippen LogP contribution is 2.10. The van der Waals surface area contributed by atoms with E-state index in [4.69, 9.17) is 35.0 Å². The minimum atomic E-state index is -0.00449. The van der Waals surface area contributed by atoms with Gasteiger partial charge >= 0.3 is 0 Å². The van der Waals surface area contributed by atoms with Crippen LogP contribution in [0.2, 0.25) is 5.02 Å². The van der Waals surface area contributed by atoms with E-state index in [2.05, 4.69) is 20.5 Å². The highest BCUT2D eigenvalue weighted by molar-refractivity contribution is 6.30. The van der Waals surface area contributed by atoms with E-state index < -0.39 is 0 Å². The summed E-state index contributed by atoms with van der Waals surface area (Å²) in [5, 5.41) is 4.67. The molecule has 0 saturated heterocycles. The molecular formula is C9H12Cl2N6. The Bertz CT molecular complexity index is 414. The molecule has 0 aliphatic rings. The lowest BCUT2D eigenvalue weighted by Gasteiger charge is -2.06. The molecule has 0 radical (unpaired) electrons. The van der Waals surface area contributed by atoms with Gasteiger partial charge in [-0.25, -0.2) is 5.43 Å². The van der Waals surface area contributed by atoms with Gasteiger partial charge in [-0.2, -0.15) is 5.10 Å². The zero-order valence-corrected chi connectivity index (χ0v) is 10.3. The number of halogens is 2. The normalized spacial score (nSPS) is 12.6. The van der Waals surface area contributed by atoms with E-state index in [1.54, 1.807) is 12.1 Å². The van der Waals surface area contributed by atoms with Crippen LogP contribution in [0.5, 0.6) is 0 Å². The van der Waals surface area contributed by atoms with Crippen molar-refractivity contribution >= 4 is 35.0 Å². The average Bonchev–Trinajstić information content (AvgIpc) is 2.35. The van der Waals surface area contributed by atoms with Crippen molar-refractivity contribution in [3.05, 3.63) is 34.9 Å². The van der Waals surface area contributed by atoms with E-state index in [0.717, 1.165) is 5.56 Å². The van der Waals surface area contributed by atoms with Crippen LogP contribution in [0.1, 0.15) is 5.56 Å².